The average molecular weight is 383 g/mol. The fraction of sp³-hybridized carbons (Fsp3) is 0.333. The quantitative estimate of drug-likeness (QED) is 0.511. The van der Waals surface area contributed by atoms with Crippen molar-refractivity contribution in [2.75, 3.05) is 18.5 Å². The van der Waals surface area contributed by atoms with Gasteiger partial charge in [0.25, 0.3) is 11.8 Å². The summed E-state index contributed by atoms with van der Waals surface area (Å²) in [6.07, 6.45) is 5.87. The van der Waals surface area contributed by atoms with Gasteiger partial charge in [-0.2, -0.15) is 0 Å². The van der Waals surface area contributed by atoms with E-state index in [-0.39, 0.29) is 11.5 Å². The van der Waals surface area contributed by atoms with E-state index in [1.807, 2.05) is 0 Å². The standard InChI is InChI=1S/C21H25N3O4/c1-3-5-6-11-23-19(25)16-12-17(14-22-13-16)20(26)24-18-9-7-15(8-10-18)21(27)28-4-2/h7-10,12-14H,3-6,11H2,1-2H3,(H,23,25)(H,24,26). The number of unbranched alkanes of at least 4 members (excludes halogenated alkanes) is 2. The number of hydrogen-bond acceptors (Lipinski definition) is 5. The molecule has 0 aliphatic carbocycles. The van der Waals surface area contributed by atoms with Gasteiger partial charge in [0.05, 0.1) is 23.3 Å². The van der Waals surface area contributed by atoms with Crippen molar-refractivity contribution in [1.29, 1.82) is 0 Å². The first-order valence-corrected chi connectivity index (χ1v) is 9.37. The van der Waals surface area contributed by atoms with Crippen LogP contribution in [0.2, 0.25) is 0 Å². The Bertz CT molecular complexity index is 819. The maximum Gasteiger partial charge on any atom is 0.338 e. The third-order valence-electron chi connectivity index (χ3n) is 3.98. The lowest BCUT2D eigenvalue weighted by Gasteiger charge is -2.08. The molecule has 7 nitrogen and oxygen atoms in total. The number of nitrogens with one attached hydrogen (secondary N) is 2. The second kappa shape index (κ2) is 10.8. The molecule has 0 spiro atoms. The molecule has 0 fully saturated rings. The largest absolute Gasteiger partial charge is 0.462 e. The molecular weight excluding hydrogens is 358 g/mol. The summed E-state index contributed by atoms with van der Waals surface area (Å²) in [5.74, 6) is -1.06. The van der Waals surface area contributed by atoms with Gasteiger partial charge in [-0.05, 0) is 43.7 Å². The van der Waals surface area contributed by atoms with Crippen molar-refractivity contribution >= 4 is 23.5 Å². The number of esters is 1. The number of carbonyl (C=O) groups excluding carboxylic acids is 3. The molecule has 0 bridgehead atoms. The van der Waals surface area contributed by atoms with E-state index in [2.05, 4.69) is 22.5 Å². The minimum Gasteiger partial charge on any atom is -0.462 e. The molecule has 0 saturated heterocycles. The molecule has 7 heteroatoms. The number of ether oxygens (including phenoxy) is 1. The molecule has 2 rings (SSSR count). The first kappa shape index (κ1) is 21.1. The van der Waals surface area contributed by atoms with E-state index in [9.17, 15) is 14.4 Å². The average Bonchev–Trinajstić information content (AvgIpc) is 2.72. The highest BCUT2D eigenvalue weighted by atomic mass is 16.5. The third kappa shape index (κ3) is 6.19. The van der Waals surface area contributed by atoms with Crippen LogP contribution >= 0.6 is 0 Å². The summed E-state index contributed by atoms with van der Waals surface area (Å²) >= 11 is 0. The van der Waals surface area contributed by atoms with Gasteiger partial charge in [-0.15, -0.1) is 0 Å². The zero-order valence-electron chi connectivity index (χ0n) is 16.2. The smallest absolute Gasteiger partial charge is 0.338 e. The van der Waals surface area contributed by atoms with E-state index < -0.39 is 11.9 Å². The Hall–Kier alpha value is -3.22. The zero-order chi connectivity index (χ0) is 20.4. The Labute approximate surface area is 164 Å². The van der Waals surface area contributed by atoms with Gasteiger partial charge < -0.3 is 15.4 Å². The van der Waals surface area contributed by atoms with Crippen molar-refractivity contribution in [3.8, 4) is 0 Å². The van der Waals surface area contributed by atoms with E-state index in [0.29, 0.717) is 30.0 Å². The number of benzene rings is 1. The van der Waals surface area contributed by atoms with Gasteiger partial charge in [-0.1, -0.05) is 19.8 Å². The maximum atomic E-state index is 12.4. The molecule has 28 heavy (non-hydrogen) atoms. The SMILES string of the molecule is CCCCCNC(=O)c1cncc(C(=O)Nc2ccc(C(=O)OCC)cc2)c1. The highest BCUT2D eigenvalue weighted by molar-refractivity contribution is 6.06. The van der Waals surface area contributed by atoms with Crippen LogP contribution in [-0.2, 0) is 4.74 Å². The number of pyridine rings is 1. The van der Waals surface area contributed by atoms with E-state index in [1.54, 1.807) is 31.2 Å². The van der Waals surface area contributed by atoms with Gasteiger partial charge in [0.1, 0.15) is 0 Å². The van der Waals surface area contributed by atoms with Crippen LogP contribution in [0.1, 0.15) is 64.2 Å². The molecule has 0 unspecified atom stereocenters. The molecule has 2 aromatic rings. The third-order valence-corrected chi connectivity index (χ3v) is 3.98. The van der Waals surface area contributed by atoms with Gasteiger partial charge in [-0.25, -0.2) is 4.79 Å². The molecule has 148 valence electrons. The molecule has 1 heterocycles. The number of carbonyl (C=O) groups is 3. The fourth-order valence-corrected chi connectivity index (χ4v) is 2.47. The van der Waals surface area contributed by atoms with Gasteiger partial charge in [-0.3, -0.25) is 14.6 Å². The van der Waals surface area contributed by atoms with Crippen LogP contribution in [0.3, 0.4) is 0 Å². The molecule has 0 radical (unpaired) electrons. The maximum absolute atomic E-state index is 12.4. The van der Waals surface area contributed by atoms with Crippen LogP contribution in [-0.4, -0.2) is 35.9 Å². The lowest BCUT2D eigenvalue weighted by Crippen LogP contribution is -2.25. The van der Waals surface area contributed by atoms with E-state index in [0.717, 1.165) is 19.3 Å². The van der Waals surface area contributed by atoms with Crippen molar-refractivity contribution in [3.05, 3.63) is 59.4 Å². The monoisotopic (exact) mass is 383 g/mol. The molecule has 0 aliphatic heterocycles. The van der Waals surface area contributed by atoms with Crippen molar-refractivity contribution in [2.24, 2.45) is 0 Å². The van der Waals surface area contributed by atoms with Gasteiger partial charge in [0.15, 0.2) is 0 Å². The van der Waals surface area contributed by atoms with E-state index in [4.69, 9.17) is 4.74 Å². The molecule has 0 atom stereocenters. The summed E-state index contributed by atoms with van der Waals surface area (Å²) in [6.45, 7) is 4.72. The molecule has 0 aliphatic rings. The number of anilines is 1. The summed E-state index contributed by atoms with van der Waals surface area (Å²) in [4.78, 5) is 40.2. The first-order chi connectivity index (χ1) is 13.5. The van der Waals surface area contributed by atoms with Crippen LogP contribution in [0.15, 0.2) is 42.7 Å². The number of nitrogens with zero attached hydrogens (tertiary/aromatic N) is 1. The Balaban J connectivity index is 1.98. The summed E-state index contributed by atoms with van der Waals surface area (Å²) in [6, 6.07) is 7.88. The van der Waals surface area contributed by atoms with E-state index in [1.165, 1.54) is 18.5 Å². The summed E-state index contributed by atoms with van der Waals surface area (Å²) in [7, 11) is 0. The van der Waals surface area contributed by atoms with Crippen molar-refractivity contribution < 1.29 is 19.1 Å². The van der Waals surface area contributed by atoms with Crippen molar-refractivity contribution in [1.82, 2.24) is 10.3 Å². The Morgan fingerprint density at radius 2 is 1.61 bits per heavy atom. The van der Waals surface area contributed by atoms with Crippen LogP contribution in [0.25, 0.3) is 0 Å². The van der Waals surface area contributed by atoms with E-state index >= 15 is 0 Å². The van der Waals surface area contributed by atoms with Gasteiger partial charge in [0, 0.05) is 24.6 Å². The number of amides is 2. The summed E-state index contributed by atoms with van der Waals surface area (Å²) in [5.41, 5.74) is 1.54. The number of hydrogen-bond donors (Lipinski definition) is 2. The first-order valence-electron chi connectivity index (χ1n) is 9.37. The molecule has 1 aromatic carbocycles. The lowest BCUT2D eigenvalue weighted by molar-refractivity contribution is 0.0526. The van der Waals surface area contributed by atoms with Crippen LogP contribution in [0.4, 0.5) is 5.69 Å². The normalized spacial score (nSPS) is 10.2. The zero-order valence-corrected chi connectivity index (χ0v) is 16.2. The highest BCUT2D eigenvalue weighted by Gasteiger charge is 2.12. The topological polar surface area (TPSA) is 97.4 Å². The fourth-order valence-electron chi connectivity index (χ4n) is 2.47. The minimum atomic E-state index is -0.415. The Morgan fingerprint density at radius 3 is 2.25 bits per heavy atom. The predicted molar refractivity (Wildman–Crippen MR) is 106 cm³/mol. The van der Waals surface area contributed by atoms with Gasteiger partial charge >= 0.3 is 5.97 Å². The number of aromatic nitrogens is 1. The Kier molecular flexibility index (Phi) is 8.14. The number of rotatable bonds is 9. The van der Waals surface area contributed by atoms with Crippen molar-refractivity contribution in [3.63, 3.8) is 0 Å². The lowest BCUT2D eigenvalue weighted by atomic mass is 10.1. The molecule has 1 aromatic heterocycles. The van der Waals surface area contributed by atoms with Crippen LogP contribution < -0.4 is 10.6 Å². The highest BCUT2D eigenvalue weighted by Crippen LogP contribution is 2.13. The predicted octanol–water partition coefficient (Wildman–Crippen LogP) is 3.43. The molecular formula is C21H25N3O4. The van der Waals surface area contributed by atoms with Crippen molar-refractivity contribution in [2.45, 2.75) is 33.1 Å². The minimum absolute atomic E-state index is 0.253. The molecule has 0 saturated carbocycles. The molecule has 2 N–H and O–H groups in total. The summed E-state index contributed by atoms with van der Waals surface area (Å²) < 4.78 is 4.92. The summed E-state index contributed by atoms with van der Waals surface area (Å²) in [5, 5.41) is 5.54. The van der Waals surface area contributed by atoms with Gasteiger partial charge in [0.2, 0.25) is 0 Å². The second-order valence-electron chi connectivity index (χ2n) is 6.18. The molecule has 2 amide bonds. The second-order valence-corrected chi connectivity index (χ2v) is 6.18. The Morgan fingerprint density at radius 1 is 0.929 bits per heavy atom. The van der Waals surface area contributed by atoms with Crippen LogP contribution in [0.5, 0.6) is 0 Å². The van der Waals surface area contributed by atoms with Crippen LogP contribution in [0, 0.1) is 0 Å².